The summed E-state index contributed by atoms with van der Waals surface area (Å²) in [6.45, 7) is 0. The number of carbonyl (C=O) groups is 1. The number of nitrogens with two attached hydrogens (primary N) is 1. The number of ether oxygens (including phenoxy) is 1. The van der Waals surface area contributed by atoms with Gasteiger partial charge in [-0.2, -0.15) is 5.10 Å². The lowest BCUT2D eigenvalue weighted by molar-refractivity contribution is 0.0607. The Balaban J connectivity index is 2.83. The molecule has 0 aliphatic rings. The lowest BCUT2D eigenvalue weighted by Crippen LogP contribution is -2.17. The zero-order valence-electron chi connectivity index (χ0n) is 8.68. The van der Waals surface area contributed by atoms with Crippen molar-refractivity contribution < 1.29 is 9.53 Å². The number of esters is 1. The van der Waals surface area contributed by atoms with Gasteiger partial charge in [-0.25, -0.2) is 9.48 Å². The number of aryl methyl sites for hydroxylation is 1. The molecule has 0 saturated heterocycles. The molecule has 16 heavy (non-hydrogen) atoms. The molecule has 0 aliphatic heterocycles. The van der Waals surface area contributed by atoms with Crippen molar-refractivity contribution in [2.75, 3.05) is 12.8 Å². The molecule has 0 atom stereocenters. The molecule has 0 unspecified atom stereocenters. The van der Waals surface area contributed by atoms with Crippen molar-refractivity contribution in [1.29, 1.82) is 0 Å². The van der Waals surface area contributed by atoms with E-state index in [2.05, 4.69) is 9.84 Å². The van der Waals surface area contributed by atoms with E-state index in [0.717, 1.165) is 11.3 Å². The van der Waals surface area contributed by atoms with Gasteiger partial charge in [-0.05, 0) is 0 Å². The van der Waals surface area contributed by atoms with Gasteiger partial charge in [0, 0.05) is 12.4 Å². The first kappa shape index (κ1) is 10.6. The van der Waals surface area contributed by atoms with E-state index in [1.165, 1.54) is 25.0 Å². The minimum absolute atomic E-state index is 0.239. The van der Waals surface area contributed by atoms with Gasteiger partial charge in [0.1, 0.15) is 9.58 Å². The van der Waals surface area contributed by atoms with E-state index in [9.17, 15) is 9.59 Å². The van der Waals surface area contributed by atoms with E-state index in [4.69, 9.17) is 5.73 Å². The van der Waals surface area contributed by atoms with E-state index >= 15 is 0 Å². The predicted molar refractivity (Wildman–Crippen MR) is 60.6 cm³/mol. The van der Waals surface area contributed by atoms with Crippen LogP contribution in [0.25, 0.3) is 10.1 Å². The summed E-state index contributed by atoms with van der Waals surface area (Å²) in [4.78, 5) is 23.3. The highest BCUT2D eigenvalue weighted by Crippen LogP contribution is 2.31. The topological polar surface area (TPSA) is 87.2 Å². The number of rotatable bonds is 1. The Labute approximate surface area is 94.2 Å². The minimum atomic E-state index is -0.541. The molecular weight excluding hydrogens is 230 g/mol. The summed E-state index contributed by atoms with van der Waals surface area (Å²) >= 11 is 1.02. The number of carbonyl (C=O) groups excluding carboxylic acids is 1. The molecule has 0 aliphatic carbocycles. The molecule has 2 heterocycles. The molecule has 2 aromatic heterocycles. The lowest BCUT2D eigenvalue weighted by atomic mass is 10.3. The Morgan fingerprint density at radius 2 is 2.31 bits per heavy atom. The Morgan fingerprint density at radius 1 is 1.62 bits per heavy atom. The maximum Gasteiger partial charge on any atom is 0.350 e. The van der Waals surface area contributed by atoms with Crippen LogP contribution in [0.3, 0.4) is 0 Å². The first-order valence-electron chi connectivity index (χ1n) is 4.39. The Bertz CT molecular complexity index is 629. The van der Waals surface area contributed by atoms with E-state index in [1.54, 1.807) is 0 Å². The van der Waals surface area contributed by atoms with Gasteiger partial charge in [0.15, 0.2) is 0 Å². The monoisotopic (exact) mass is 239 g/mol. The molecule has 0 fully saturated rings. The van der Waals surface area contributed by atoms with Crippen molar-refractivity contribution in [3.63, 3.8) is 0 Å². The third kappa shape index (κ3) is 1.36. The number of thiophene rings is 1. The summed E-state index contributed by atoms with van der Waals surface area (Å²) in [5, 5.41) is 4.34. The number of aromatic nitrogens is 2. The van der Waals surface area contributed by atoms with Gasteiger partial charge >= 0.3 is 5.97 Å². The Morgan fingerprint density at radius 3 is 2.94 bits per heavy atom. The molecule has 0 spiro atoms. The Hall–Kier alpha value is -1.89. The number of methoxy groups -OCH3 is 1. The summed E-state index contributed by atoms with van der Waals surface area (Å²) in [6.07, 6.45) is 1.47. The van der Waals surface area contributed by atoms with Crippen LogP contribution in [-0.2, 0) is 11.8 Å². The summed E-state index contributed by atoms with van der Waals surface area (Å²) in [7, 11) is 2.80. The van der Waals surface area contributed by atoms with Crippen molar-refractivity contribution in [3.05, 3.63) is 21.4 Å². The fourth-order valence-corrected chi connectivity index (χ4v) is 2.41. The van der Waals surface area contributed by atoms with Gasteiger partial charge in [-0.3, -0.25) is 4.79 Å². The maximum atomic E-state index is 11.7. The first-order chi connectivity index (χ1) is 7.56. The summed E-state index contributed by atoms with van der Waals surface area (Å²) in [5.74, 6) is -0.541. The third-order valence-electron chi connectivity index (χ3n) is 2.20. The Kier molecular flexibility index (Phi) is 2.39. The van der Waals surface area contributed by atoms with Crippen molar-refractivity contribution in [2.24, 2.45) is 7.05 Å². The van der Waals surface area contributed by atoms with Crippen LogP contribution in [-0.4, -0.2) is 22.9 Å². The number of anilines is 1. The quantitative estimate of drug-likeness (QED) is 0.726. The van der Waals surface area contributed by atoms with Gasteiger partial charge in [-0.1, -0.05) is 0 Å². The van der Waals surface area contributed by atoms with Gasteiger partial charge in [0.05, 0.1) is 19.0 Å². The van der Waals surface area contributed by atoms with Crippen LogP contribution >= 0.6 is 11.3 Å². The fourth-order valence-electron chi connectivity index (χ4n) is 1.33. The fraction of sp³-hybridized carbons (Fsp3) is 0.222. The van der Waals surface area contributed by atoms with Gasteiger partial charge in [0.25, 0.3) is 5.56 Å². The zero-order chi connectivity index (χ0) is 11.9. The normalized spacial score (nSPS) is 10.6. The first-order valence-corrected chi connectivity index (χ1v) is 5.20. The van der Waals surface area contributed by atoms with Gasteiger partial charge in [0.2, 0.25) is 0 Å². The second-order valence-electron chi connectivity index (χ2n) is 3.15. The highest BCUT2D eigenvalue weighted by molar-refractivity contribution is 7.21. The van der Waals surface area contributed by atoms with Crippen LogP contribution in [0.1, 0.15) is 9.67 Å². The number of nitrogens with zero attached hydrogens (tertiary/aromatic N) is 2. The number of nitrogen functional groups attached to an aromatic ring is 1. The maximum absolute atomic E-state index is 11.7. The second kappa shape index (κ2) is 3.60. The average molecular weight is 239 g/mol. The average Bonchev–Trinajstić information content (AvgIpc) is 2.61. The van der Waals surface area contributed by atoms with Crippen LogP contribution in [0.4, 0.5) is 5.69 Å². The molecule has 0 amide bonds. The minimum Gasteiger partial charge on any atom is -0.465 e. The molecule has 2 aromatic rings. The number of fused-ring (bicyclic) bond motifs is 1. The van der Waals surface area contributed by atoms with Gasteiger partial charge < -0.3 is 10.5 Å². The van der Waals surface area contributed by atoms with E-state index in [1.807, 2.05) is 0 Å². The molecule has 0 saturated carbocycles. The largest absolute Gasteiger partial charge is 0.465 e. The molecule has 0 bridgehead atoms. The van der Waals surface area contributed by atoms with E-state index in [0.29, 0.717) is 10.1 Å². The third-order valence-corrected chi connectivity index (χ3v) is 3.39. The van der Waals surface area contributed by atoms with Crippen LogP contribution in [0.5, 0.6) is 0 Å². The van der Waals surface area contributed by atoms with Crippen LogP contribution in [0.2, 0.25) is 0 Å². The van der Waals surface area contributed by atoms with E-state index < -0.39 is 5.97 Å². The molecule has 2 N–H and O–H groups in total. The number of hydrogen-bond donors (Lipinski definition) is 1. The highest BCUT2D eigenvalue weighted by Gasteiger charge is 2.19. The van der Waals surface area contributed by atoms with Crippen molar-refractivity contribution in [2.45, 2.75) is 0 Å². The van der Waals surface area contributed by atoms with Crippen LogP contribution in [0.15, 0.2) is 11.0 Å². The number of hydrogen-bond acceptors (Lipinski definition) is 6. The molecular formula is C9H9N3O3S. The SMILES string of the molecule is COC(=O)c1sc2c(=O)n(C)ncc2c1N. The summed E-state index contributed by atoms with van der Waals surface area (Å²) in [5.41, 5.74) is 5.73. The second-order valence-corrected chi connectivity index (χ2v) is 4.17. The lowest BCUT2D eigenvalue weighted by Gasteiger charge is -1.96. The smallest absolute Gasteiger partial charge is 0.350 e. The van der Waals surface area contributed by atoms with Crippen molar-refractivity contribution in [1.82, 2.24) is 9.78 Å². The molecule has 6 nitrogen and oxygen atoms in total. The molecule has 0 radical (unpaired) electrons. The van der Waals surface area contributed by atoms with Crippen molar-refractivity contribution >= 4 is 33.1 Å². The van der Waals surface area contributed by atoms with Gasteiger partial charge in [-0.15, -0.1) is 11.3 Å². The molecule has 7 heteroatoms. The predicted octanol–water partition coefficient (Wildman–Crippen LogP) is 0.364. The highest BCUT2D eigenvalue weighted by atomic mass is 32.1. The molecule has 0 aromatic carbocycles. The van der Waals surface area contributed by atoms with Crippen molar-refractivity contribution in [3.8, 4) is 0 Å². The van der Waals surface area contributed by atoms with E-state index in [-0.39, 0.29) is 16.1 Å². The van der Waals surface area contributed by atoms with Crippen LogP contribution in [0, 0.1) is 0 Å². The summed E-state index contributed by atoms with van der Waals surface area (Å²) in [6, 6.07) is 0. The molecule has 84 valence electrons. The summed E-state index contributed by atoms with van der Waals surface area (Å²) < 4.78 is 6.19. The standard InChI is InChI=1S/C9H9N3O3S/c1-12-8(13)6-4(3-11-12)5(10)7(16-6)9(14)15-2/h3H,10H2,1-2H3. The molecule has 2 rings (SSSR count). The van der Waals surface area contributed by atoms with Crippen LogP contribution < -0.4 is 11.3 Å². The zero-order valence-corrected chi connectivity index (χ0v) is 9.50.